The van der Waals surface area contributed by atoms with Crippen LogP contribution in [-0.2, 0) is 0 Å². The summed E-state index contributed by atoms with van der Waals surface area (Å²) in [6.45, 7) is 5.01. The normalized spacial score (nSPS) is 21.2. The summed E-state index contributed by atoms with van der Waals surface area (Å²) in [5.74, 6) is 1.27. The van der Waals surface area contributed by atoms with Crippen LogP contribution in [0.3, 0.4) is 0 Å². The third kappa shape index (κ3) is 4.71. The Morgan fingerprint density at radius 3 is 2.29 bits per heavy atom. The van der Waals surface area contributed by atoms with Crippen molar-refractivity contribution in [3.05, 3.63) is 69.7 Å². The maximum Gasteiger partial charge on any atom is 0.253 e. The molecule has 0 spiro atoms. The van der Waals surface area contributed by atoms with Crippen molar-refractivity contribution in [1.82, 2.24) is 9.80 Å². The Morgan fingerprint density at radius 1 is 0.929 bits per heavy atom. The molecule has 1 atom stereocenters. The maximum atomic E-state index is 12.8. The molecule has 1 amide bonds. The van der Waals surface area contributed by atoms with Gasteiger partial charge in [-0.2, -0.15) is 0 Å². The third-order valence-corrected chi connectivity index (χ3v) is 6.49. The van der Waals surface area contributed by atoms with Crippen molar-refractivity contribution < 1.29 is 4.79 Å². The fourth-order valence-electron chi connectivity index (χ4n) is 4.57. The van der Waals surface area contributed by atoms with Crippen molar-refractivity contribution in [2.45, 2.75) is 25.2 Å². The van der Waals surface area contributed by atoms with E-state index in [-0.39, 0.29) is 5.91 Å². The van der Waals surface area contributed by atoms with Crippen molar-refractivity contribution >= 4 is 29.1 Å². The minimum atomic E-state index is 0.0367. The molecule has 2 heterocycles. The summed E-state index contributed by atoms with van der Waals surface area (Å²) in [4.78, 5) is 17.3. The first-order chi connectivity index (χ1) is 13.6. The van der Waals surface area contributed by atoms with Crippen LogP contribution < -0.4 is 0 Å². The van der Waals surface area contributed by atoms with Crippen LogP contribution in [0.2, 0.25) is 10.0 Å². The highest BCUT2D eigenvalue weighted by Gasteiger charge is 2.30. The summed E-state index contributed by atoms with van der Waals surface area (Å²) < 4.78 is 0. The summed E-state index contributed by atoms with van der Waals surface area (Å²) in [7, 11) is 0. The Balaban J connectivity index is 1.28. The molecular weight excluding hydrogens is 391 g/mol. The number of benzene rings is 2. The molecule has 2 aromatic carbocycles. The van der Waals surface area contributed by atoms with Gasteiger partial charge in [0.05, 0.1) is 0 Å². The van der Waals surface area contributed by atoms with E-state index in [1.54, 1.807) is 18.2 Å². The topological polar surface area (TPSA) is 23.6 Å². The van der Waals surface area contributed by atoms with Gasteiger partial charge in [-0.25, -0.2) is 0 Å². The minimum absolute atomic E-state index is 0.0367. The first-order valence-corrected chi connectivity index (χ1v) is 10.9. The highest BCUT2D eigenvalue weighted by atomic mass is 35.5. The van der Waals surface area contributed by atoms with Crippen molar-refractivity contribution in [2.75, 3.05) is 32.7 Å². The van der Waals surface area contributed by atoms with Crippen LogP contribution in [-0.4, -0.2) is 48.4 Å². The summed E-state index contributed by atoms with van der Waals surface area (Å²) in [6, 6.07) is 15.9. The molecule has 2 aliphatic heterocycles. The molecule has 148 valence electrons. The molecule has 0 N–H and O–H groups in total. The number of nitrogens with zero attached hydrogens (tertiary/aromatic N) is 2. The Morgan fingerprint density at radius 2 is 1.61 bits per heavy atom. The van der Waals surface area contributed by atoms with E-state index >= 15 is 0 Å². The van der Waals surface area contributed by atoms with E-state index in [1.807, 2.05) is 4.90 Å². The van der Waals surface area contributed by atoms with E-state index in [0.29, 0.717) is 27.4 Å². The van der Waals surface area contributed by atoms with E-state index in [4.69, 9.17) is 23.2 Å². The predicted molar refractivity (Wildman–Crippen MR) is 115 cm³/mol. The maximum absolute atomic E-state index is 12.8. The minimum Gasteiger partial charge on any atom is -0.338 e. The highest BCUT2D eigenvalue weighted by molar-refractivity contribution is 6.35. The predicted octanol–water partition coefficient (Wildman–Crippen LogP) is 5.34. The number of rotatable bonds is 4. The zero-order valence-electron chi connectivity index (χ0n) is 16.0. The number of amides is 1. The zero-order valence-corrected chi connectivity index (χ0v) is 17.5. The van der Waals surface area contributed by atoms with E-state index in [0.717, 1.165) is 39.1 Å². The first kappa shape index (κ1) is 19.8. The monoisotopic (exact) mass is 416 g/mol. The van der Waals surface area contributed by atoms with E-state index in [9.17, 15) is 4.79 Å². The Hall–Kier alpha value is -1.55. The second-order valence-corrected chi connectivity index (χ2v) is 8.92. The smallest absolute Gasteiger partial charge is 0.253 e. The Kier molecular flexibility index (Phi) is 6.25. The zero-order chi connectivity index (χ0) is 19.5. The molecule has 5 heteroatoms. The van der Waals surface area contributed by atoms with Gasteiger partial charge in [0.2, 0.25) is 0 Å². The van der Waals surface area contributed by atoms with Gasteiger partial charge in [0, 0.05) is 35.2 Å². The van der Waals surface area contributed by atoms with Crippen LogP contribution in [0.1, 0.15) is 41.1 Å². The van der Waals surface area contributed by atoms with Crippen LogP contribution in [0.5, 0.6) is 0 Å². The molecule has 2 saturated heterocycles. The lowest BCUT2D eigenvalue weighted by Gasteiger charge is -2.33. The molecule has 0 unspecified atom stereocenters. The second-order valence-electron chi connectivity index (χ2n) is 8.05. The molecular formula is C23H26Cl2N2O. The van der Waals surface area contributed by atoms with Crippen molar-refractivity contribution in [3.8, 4) is 0 Å². The van der Waals surface area contributed by atoms with Crippen molar-refractivity contribution in [1.29, 1.82) is 0 Å². The van der Waals surface area contributed by atoms with Crippen molar-refractivity contribution in [3.63, 3.8) is 0 Å². The highest BCUT2D eigenvalue weighted by Crippen LogP contribution is 2.29. The number of carbonyl (C=O) groups excluding carboxylic acids is 1. The van der Waals surface area contributed by atoms with Gasteiger partial charge in [-0.1, -0.05) is 53.5 Å². The SMILES string of the molecule is O=C(c1cc(Cl)cc(Cl)c1)N1CC[C@@H](CN2CCC(c3ccccc3)CC2)C1. The van der Waals surface area contributed by atoms with Crippen molar-refractivity contribution in [2.24, 2.45) is 5.92 Å². The van der Waals surface area contributed by atoms with Gasteiger partial charge in [-0.15, -0.1) is 0 Å². The lowest BCUT2D eigenvalue weighted by Crippen LogP contribution is -2.37. The summed E-state index contributed by atoms with van der Waals surface area (Å²) in [5.41, 5.74) is 2.06. The molecule has 4 rings (SSSR count). The van der Waals surface area contributed by atoms with Gasteiger partial charge in [0.25, 0.3) is 5.91 Å². The van der Waals surface area contributed by atoms with E-state index in [1.165, 1.54) is 18.4 Å². The second kappa shape index (κ2) is 8.86. The average molecular weight is 417 g/mol. The molecule has 28 heavy (non-hydrogen) atoms. The van der Waals surface area contributed by atoms with Gasteiger partial charge in [0.15, 0.2) is 0 Å². The molecule has 0 aromatic heterocycles. The standard InChI is InChI=1S/C23H26Cl2N2O/c24-21-12-20(13-22(25)14-21)23(28)27-11-6-17(16-27)15-26-9-7-19(8-10-26)18-4-2-1-3-5-18/h1-5,12-14,17,19H,6-11,15-16H2/t17-/m0/s1. The van der Waals surface area contributed by atoms with E-state index in [2.05, 4.69) is 35.2 Å². The van der Waals surface area contributed by atoms with Crippen LogP contribution in [0.15, 0.2) is 48.5 Å². The number of hydrogen-bond acceptors (Lipinski definition) is 2. The van der Waals surface area contributed by atoms with E-state index < -0.39 is 0 Å². The molecule has 2 aromatic rings. The number of halogens is 2. The van der Waals surface area contributed by atoms with Crippen LogP contribution in [0.25, 0.3) is 0 Å². The summed E-state index contributed by atoms with van der Waals surface area (Å²) in [6.07, 6.45) is 3.51. The number of piperidine rings is 1. The van der Waals surface area contributed by atoms with Crippen LogP contribution in [0.4, 0.5) is 0 Å². The molecule has 2 aliphatic rings. The molecule has 0 radical (unpaired) electrons. The van der Waals surface area contributed by atoms with Gasteiger partial charge in [-0.05, 0) is 68.0 Å². The molecule has 0 bridgehead atoms. The quantitative estimate of drug-likeness (QED) is 0.671. The average Bonchev–Trinajstić information content (AvgIpc) is 3.16. The summed E-state index contributed by atoms with van der Waals surface area (Å²) >= 11 is 12.1. The largest absolute Gasteiger partial charge is 0.338 e. The third-order valence-electron chi connectivity index (χ3n) is 6.06. The van der Waals surface area contributed by atoms with Crippen LogP contribution in [0, 0.1) is 5.92 Å². The van der Waals surface area contributed by atoms with Crippen LogP contribution >= 0.6 is 23.2 Å². The lowest BCUT2D eigenvalue weighted by atomic mass is 9.89. The van der Waals surface area contributed by atoms with Gasteiger partial charge >= 0.3 is 0 Å². The Labute approximate surface area is 177 Å². The summed E-state index contributed by atoms with van der Waals surface area (Å²) in [5, 5.41) is 1.01. The molecule has 0 saturated carbocycles. The fraction of sp³-hybridized carbons (Fsp3) is 0.435. The van der Waals surface area contributed by atoms with Gasteiger partial charge < -0.3 is 9.80 Å². The van der Waals surface area contributed by atoms with Gasteiger partial charge in [-0.3, -0.25) is 4.79 Å². The molecule has 2 fully saturated rings. The first-order valence-electron chi connectivity index (χ1n) is 10.1. The van der Waals surface area contributed by atoms with Gasteiger partial charge in [0.1, 0.15) is 0 Å². The molecule has 0 aliphatic carbocycles. The number of carbonyl (C=O) groups is 1. The lowest BCUT2D eigenvalue weighted by molar-refractivity contribution is 0.0782. The molecule has 3 nitrogen and oxygen atoms in total. The number of hydrogen-bond donors (Lipinski definition) is 0. The fourth-order valence-corrected chi connectivity index (χ4v) is 5.09. The number of likely N-dealkylation sites (tertiary alicyclic amines) is 2. The Bertz CT molecular complexity index is 798.